The van der Waals surface area contributed by atoms with Crippen LogP contribution in [0.4, 0.5) is 5.69 Å². The summed E-state index contributed by atoms with van der Waals surface area (Å²) >= 11 is 1.71. The Morgan fingerprint density at radius 2 is 1.97 bits per heavy atom. The Bertz CT molecular complexity index is 1230. The zero-order valence-electron chi connectivity index (χ0n) is 17.6. The van der Waals surface area contributed by atoms with Gasteiger partial charge in [-0.2, -0.15) is 0 Å². The first-order chi connectivity index (χ1) is 14.8. The van der Waals surface area contributed by atoms with E-state index in [1.165, 1.54) is 23.6 Å². The van der Waals surface area contributed by atoms with Crippen LogP contribution in [0.3, 0.4) is 0 Å². The number of fused-ring (bicyclic) bond motifs is 1. The number of hydrogen-bond donors (Lipinski definition) is 1. The van der Waals surface area contributed by atoms with Gasteiger partial charge in [0, 0.05) is 17.0 Å². The Morgan fingerprint density at radius 3 is 2.74 bits per heavy atom. The van der Waals surface area contributed by atoms with E-state index in [0.717, 1.165) is 6.42 Å². The van der Waals surface area contributed by atoms with Crippen LogP contribution in [0.25, 0.3) is 0 Å². The van der Waals surface area contributed by atoms with Gasteiger partial charge in [0.25, 0.3) is 15.9 Å². The maximum Gasteiger partial charge on any atom is 0.262 e. The van der Waals surface area contributed by atoms with Gasteiger partial charge in [-0.25, -0.2) is 8.42 Å². The Balaban J connectivity index is 1.65. The predicted octanol–water partition coefficient (Wildman–Crippen LogP) is 4.63. The largest absolute Gasteiger partial charge is 0.495 e. The fourth-order valence-corrected chi connectivity index (χ4v) is 6.21. The number of anilines is 1. The van der Waals surface area contributed by atoms with E-state index in [2.05, 4.69) is 16.2 Å². The van der Waals surface area contributed by atoms with E-state index in [9.17, 15) is 13.2 Å². The fourth-order valence-electron chi connectivity index (χ4n) is 3.90. The summed E-state index contributed by atoms with van der Waals surface area (Å²) in [5, 5.41) is 2.05. The third-order valence-electron chi connectivity index (χ3n) is 5.61. The van der Waals surface area contributed by atoms with Crippen molar-refractivity contribution in [1.29, 1.82) is 0 Å². The third kappa shape index (κ3) is 4.05. The maximum atomic E-state index is 13.3. The molecule has 1 amide bonds. The van der Waals surface area contributed by atoms with Crippen LogP contribution in [0.1, 0.15) is 39.3 Å². The number of carbonyl (C=O) groups is 1. The Hall–Kier alpha value is -2.84. The zero-order valence-corrected chi connectivity index (χ0v) is 19.2. The number of aryl methyl sites for hydroxylation is 1. The van der Waals surface area contributed by atoms with Crippen molar-refractivity contribution in [3.8, 4) is 5.75 Å². The molecular formula is C23H24N2O4S2. The van der Waals surface area contributed by atoms with Crippen molar-refractivity contribution in [3.63, 3.8) is 0 Å². The highest BCUT2D eigenvalue weighted by Gasteiger charge is 2.30. The number of carbonyl (C=O) groups excluding carboxylic acids is 1. The average molecular weight is 457 g/mol. The van der Waals surface area contributed by atoms with Gasteiger partial charge in [0.2, 0.25) is 0 Å². The highest BCUT2D eigenvalue weighted by Crippen LogP contribution is 2.34. The van der Waals surface area contributed by atoms with Crippen LogP contribution >= 0.6 is 11.3 Å². The number of nitrogens with zero attached hydrogens (tertiary/aromatic N) is 1. The second-order valence-electron chi connectivity index (χ2n) is 7.51. The quantitative estimate of drug-likeness (QED) is 0.608. The highest BCUT2D eigenvalue weighted by atomic mass is 32.2. The molecule has 1 N–H and O–H groups in total. The third-order valence-corrected chi connectivity index (χ3v) is 8.12. The van der Waals surface area contributed by atoms with Gasteiger partial charge in [0.15, 0.2) is 0 Å². The molecule has 1 atom stereocenters. The number of methoxy groups -OCH3 is 1. The molecule has 31 heavy (non-hydrogen) atoms. The number of rotatable bonds is 5. The van der Waals surface area contributed by atoms with Gasteiger partial charge in [-0.05, 0) is 67.1 Å². The molecule has 6 nitrogen and oxygen atoms in total. The average Bonchev–Trinajstić information content (AvgIpc) is 3.24. The summed E-state index contributed by atoms with van der Waals surface area (Å²) in [5.74, 6) is 0.253. The summed E-state index contributed by atoms with van der Waals surface area (Å²) in [5.41, 5.74) is 2.43. The normalized spacial score (nSPS) is 16.0. The van der Waals surface area contributed by atoms with E-state index < -0.39 is 10.0 Å². The summed E-state index contributed by atoms with van der Waals surface area (Å²) in [7, 11) is -2.43. The number of nitrogens with one attached hydrogen (secondary N) is 1. The van der Waals surface area contributed by atoms with Crippen molar-refractivity contribution >= 4 is 33.0 Å². The van der Waals surface area contributed by atoms with E-state index >= 15 is 0 Å². The molecule has 8 heteroatoms. The van der Waals surface area contributed by atoms with Gasteiger partial charge in [-0.3, -0.25) is 9.52 Å². The minimum Gasteiger partial charge on any atom is -0.495 e. The molecule has 4 rings (SSSR count). The lowest BCUT2D eigenvalue weighted by molar-refractivity contribution is 0.0679. The molecular weight excluding hydrogens is 432 g/mol. The van der Waals surface area contributed by atoms with Crippen LogP contribution in [-0.4, -0.2) is 32.9 Å². The Morgan fingerprint density at radius 1 is 1.19 bits per heavy atom. The van der Waals surface area contributed by atoms with E-state index in [4.69, 9.17) is 4.74 Å². The molecule has 2 aromatic carbocycles. The number of para-hydroxylation sites is 2. The molecule has 0 aliphatic carbocycles. The molecule has 0 fully saturated rings. The Labute approximate surface area is 186 Å². The van der Waals surface area contributed by atoms with Crippen molar-refractivity contribution in [3.05, 3.63) is 75.5 Å². The summed E-state index contributed by atoms with van der Waals surface area (Å²) in [6.45, 7) is 4.34. The van der Waals surface area contributed by atoms with Gasteiger partial charge in [-0.1, -0.05) is 18.2 Å². The van der Waals surface area contributed by atoms with Crippen LogP contribution in [0.2, 0.25) is 0 Å². The van der Waals surface area contributed by atoms with E-state index in [1.54, 1.807) is 54.7 Å². The Kier molecular flexibility index (Phi) is 5.77. The number of ether oxygens (including phenoxy) is 1. The number of hydrogen-bond acceptors (Lipinski definition) is 5. The van der Waals surface area contributed by atoms with Crippen molar-refractivity contribution in [1.82, 2.24) is 4.90 Å². The van der Waals surface area contributed by atoms with Crippen LogP contribution < -0.4 is 9.46 Å². The van der Waals surface area contributed by atoms with Crippen molar-refractivity contribution < 1.29 is 17.9 Å². The lowest BCUT2D eigenvalue weighted by Crippen LogP contribution is -2.38. The maximum absolute atomic E-state index is 13.3. The highest BCUT2D eigenvalue weighted by molar-refractivity contribution is 7.92. The summed E-state index contributed by atoms with van der Waals surface area (Å²) in [6.07, 6.45) is 0.815. The predicted molar refractivity (Wildman–Crippen MR) is 122 cm³/mol. The van der Waals surface area contributed by atoms with Crippen molar-refractivity contribution in [2.75, 3.05) is 18.4 Å². The second kappa shape index (κ2) is 8.36. The number of benzene rings is 2. The molecule has 2 heterocycles. The van der Waals surface area contributed by atoms with Crippen LogP contribution in [-0.2, 0) is 16.4 Å². The van der Waals surface area contributed by atoms with Gasteiger partial charge in [0.05, 0.1) is 23.7 Å². The first-order valence-electron chi connectivity index (χ1n) is 9.95. The fraction of sp³-hybridized carbons (Fsp3) is 0.261. The molecule has 3 aromatic rings. The molecule has 1 aliphatic heterocycles. The smallest absolute Gasteiger partial charge is 0.262 e. The molecule has 0 saturated carbocycles. The summed E-state index contributed by atoms with van der Waals surface area (Å²) in [6, 6.07) is 13.6. The lowest BCUT2D eigenvalue weighted by Gasteiger charge is -2.33. The molecule has 0 unspecified atom stereocenters. The molecule has 0 spiro atoms. The molecule has 0 saturated heterocycles. The van der Waals surface area contributed by atoms with Gasteiger partial charge in [-0.15, -0.1) is 11.3 Å². The molecule has 1 aliphatic rings. The SMILES string of the molecule is COc1ccccc1NS(=O)(=O)c1cc(C(=O)N2CCc3sccc3[C@@H]2C)ccc1C. The monoisotopic (exact) mass is 456 g/mol. The topological polar surface area (TPSA) is 75.7 Å². The van der Waals surface area contributed by atoms with E-state index in [1.807, 2.05) is 11.8 Å². The zero-order chi connectivity index (χ0) is 22.2. The molecule has 0 bridgehead atoms. The van der Waals surface area contributed by atoms with Crippen LogP contribution in [0.5, 0.6) is 5.75 Å². The minimum absolute atomic E-state index is 0.0458. The number of amides is 1. The summed E-state index contributed by atoms with van der Waals surface area (Å²) < 4.78 is 34.1. The summed E-state index contributed by atoms with van der Waals surface area (Å²) in [4.78, 5) is 16.5. The minimum atomic E-state index is -3.92. The first-order valence-corrected chi connectivity index (χ1v) is 12.3. The van der Waals surface area contributed by atoms with Crippen LogP contribution in [0.15, 0.2) is 58.8 Å². The van der Waals surface area contributed by atoms with Gasteiger partial charge < -0.3 is 9.64 Å². The van der Waals surface area contributed by atoms with E-state index in [-0.39, 0.29) is 16.8 Å². The van der Waals surface area contributed by atoms with Gasteiger partial charge in [0.1, 0.15) is 5.75 Å². The number of sulfonamides is 1. The standard InChI is InChI=1S/C23H24N2O4S2/c1-15-8-9-17(23(26)25-12-10-21-18(16(25)2)11-13-30-21)14-22(15)31(27,28)24-19-6-4-5-7-20(19)29-3/h4-9,11,13-14,16,24H,10,12H2,1-3H3/t16-/m0/s1. The van der Waals surface area contributed by atoms with E-state index in [0.29, 0.717) is 29.1 Å². The lowest BCUT2D eigenvalue weighted by atomic mass is 10.00. The second-order valence-corrected chi connectivity index (χ2v) is 10.2. The first kappa shape index (κ1) is 21.4. The van der Waals surface area contributed by atoms with Gasteiger partial charge >= 0.3 is 0 Å². The number of thiophene rings is 1. The van der Waals surface area contributed by atoms with Crippen LogP contribution in [0, 0.1) is 6.92 Å². The van der Waals surface area contributed by atoms with Crippen molar-refractivity contribution in [2.45, 2.75) is 31.2 Å². The molecule has 0 radical (unpaired) electrons. The molecule has 162 valence electrons. The van der Waals surface area contributed by atoms with Crippen molar-refractivity contribution in [2.24, 2.45) is 0 Å². The molecule has 1 aromatic heterocycles.